The molecule has 1 amide bonds. The monoisotopic (exact) mass is 408 g/mol. The Labute approximate surface area is 176 Å². The number of carbonyl (C=O) groups excluding carboxylic acids is 1. The molecule has 2 saturated heterocycles. The number of phenolic OH excluding ortho intramolecular Hbond substituents is 1. The summed E-state index contributed by atoms with van der Waals surface area (Å²) in [6.45, 7) is 0. The lowest BCUT2D eigenvalue weighted by Crippen LogP contribution is -2.51. The van der Waals surface area contributed by atoms with Gasteiger partial charge in [0, 0.05) is 43.9 Å². The number of nitrogens with zero attached hydrogens (tertiary/aromatic N) is 3. The highest BCUT2D eigenvalue weighted by Crippen LogP contribution is 2.31. The van der Waals surface area contributed by atoms with Gasteiger partial charge in [0.15, 0.2) is 0 Å². The van der Waals surface area contributed by atoms with Crippen molar-refractivity contribution in [3.8, 4) is 22.9 Å². The maximum Gasteiger partial charge on any atom is 0.246 e. The Balaban J connectivity index is 1.42. The first kappa shape index (κ1) is 20.3. The van der Waals surface area contributed by atoms with E-state index in [9.17, 15) is 9.90 Å². The first-order valence-corrected chi connectivity index (χ1v) is 10.5. The minimum Gasteiger partial charge on any atom is -0.507 e. The third-order valence-electron chi connectivity index (χ3n) is 5.76. The Morgan fingerprint density at radius 3 is 2.57 bits per heavy atom. The number of fused-ring (bicyclic) bond motifs is 2. The first-order valence-electron chi connectivity index (χ1n) is 10.5. The van der Waals surface area contributed by atoms with Crippen molar-refractivity contribution in [2.45, 2.75) is 50.3 Å². The van der Waals surface area contributed by atoms with Gasteiger partial charge >= 0.3 is 0 Å². The van der Waals surface area contributed by atoms with Crippen molar-refractivity contribution in [1.29, 1.82) is 0 Å². The molecule has 0 saturated carbocycles. The normalized spacial score (nSPS) is 23.3. The molecule has 0 spiro atoms. The summed E-state index contributed by atoms with van der Waals surface area (Å²) in [4.78, 5) is 13.1. The highest BCUT2D eigenvalue weighted by Gasteiger charge is 2.32. The van der Waals surface area contributed by atoms with Crippen LogP contribution in [-0.2, 0) is 4.79 Å². The van der Waals surface area contributed by atoms with Crippen LogP contribution in [0.4, 0.5) is 0 Å². The van der Waals surface area contributed by atoms with Crippen molar-refractivity contribution in [2.24, 2.45) is 0 Å². The minimum absolute atomic E-state index is 0.0867. The van der Waals surface area contributed by atoms with Gasteiger partial charge in [0.25, 0.3) is 0 Å². The summed E-state index contributed by atoms with van der Waals surface area (Å²) in [7, 11) is 3.38. The summed E-state index contributed by atoms with van der Waals surface area (Å²) < 4.78 is 6.08. The van der Waals surface area contributed by atoms with Gasteiger partial charge in [0.1, 0.15) is 11.9 Å². The smallest absolute Gasteiger partial charge is 0.246 e. The van der Waals surface area contributed by atoms with Gasteiger partial charge in [-0.25, -0.2) is 0 Å². The molecule has 2 aliphatic rings. The zero-order valence-corrected chi connectivity index (χ0v) is 17.4. The Bertz CT molecular complexity index is 915. The molecule has 7 nitrogen and oxygen atoms in total. The van der Waals surface area contributed by atoms with Crippen LogP contribution >= 0.6 is 0 Å². The number of amides is 1. The molecule has 1 aromatic heterocycles. The number of benzene rings is 1. The van der Waals surface area contributed by atoms with Gasteiger partial charge in [0.05, 0.1) is 5.69 Å². The van der Waals surface area contributed by atoms with E-state index in [0.29, 0.717) is 29.2 Å². The zero-order valence-electron chi connectivity index (χ0n) is 17.4. The van der Waals surface area contributed by atoms with E-state index in [0.717, 1.165) is 18.4 Å². The van der Waals surface area contributed by atoms with Gasteiger partial charge < -0.3 is 20.1 Å². The van der Waals surface area contributed by atoms with Crippen molar-refractivity contribution in [3.05, 3.63) is 42.0 Å². The van der Waals surface area contributed by atoms with E-state index in [1.165, 1.54) is 30.2 Å². The van der Waals surface area contributed by atoms with Crippen LogP contribution in [0.15, 0.2) is 36.4 Å². The molecule has 2 N–H and O–H groups in total. The van der Waals surface area contributed by atoms with Gasteiger partial charge in [-0.1, -0.05) is 12.5 Å². The second-order valence-electron chi connectivity index (χ2n) is 8.30. The molecule has 3 heterocycles. The number of phenols is 1. The standard InChI is InChI=1S/C23H28N4O3/c1-27(2)23(29)11-7-15-6-8-19(21(28)12-15)20-9-10-22(26-25-20)30-18-13-16-4-3-5-17(14-18)24-16/h6-12,16-18,24,28H,3-5,13-14H2,1-2H3/b11-7+/t16-,17+,18?. The van der Waals surface area contributed by atoms with Crippen LogP contribution in [0.2, 0.25) is 0 Å². The molecule has 2 bridgehead atoms. The number of nitrogens with one attached hydrogen (secondary N) is 1. The lowest BCUT2D eigenvalue weighted by atomic mass is 9.85. The second kappa shape index (κ2) is 8.83. The predicted molar refractivity (Wildman–Crippen MR) is 115 cm³/mol. The van der Waals surface area contributed by atoms with Crippen LogP contribution in [0, 0.1) is 0 Å². The molecule has 158 valence electrons. The molecule has 1 aromatic carbocycles. The van der Waals surface area contributed by atoms with Crippen molar-refractivity contribution in [3.63, 3.8) is 0 Å². The number of piperidine rings is 2. The number of ether oxygens (including phenoxy) is 1. The van der Waals surface area contributed by atoms with E-state index < -0.39 is 0 Å². The summed E-state index contributed by atoms with van der Waals surface area (Å²) in [5, 5.41) is 22.5. The number of likely N-dealkylation sites (N-methyl/N-ethyl adjacent to an activating group) is 1. The number of hydrogen-bond acceptors (Lipinski definition) is 6. The van der Waals surface area contributed by atoms with E-state index in [4.69, 9.17) is 4.74 Å². The average Bonchev–Trinajstić information content (AvgIpc) is 2.72. The molecule has 0 radical (unpaired) electrons. The summed E-state index contributed by atoms with van der Waals surface area (Å²) in [6, 6.07) is 9.92. The lowest BCUT2D eigenvalue weighted by molar-refractivity contribution is -0.123. The van der Waals surface area contributed by atoms with Crippen molar-refractivity contribution in [1.82, 2.24) is 20.4 Å². The molecule has 1 unspecified atom stereocenters. The summed E-state index contributed by atoms with van der Waals surface area (Å²) in [5.74, 6) is 0.492. The van der Waals surface area contributed by atoms with E-state index in [1.807, 2.05) is 18.2 Å². The molecule has 3 atom stereocenters. The van der Waals surface area contributed by atoms with Crippen LogP contribution in [0.1, 0.15) is 37.7 Å². The number of hydrogen-bond donors (Lipinski definition) is 2. The maximum atomic E-state index is 11.7. The molecular weight excluding hydrogens is 380 g/mol. The number of rotatable bonds is 5. The van der Waals surface area contributed by atoms with Crippen LogP contribution < -0.4 is 10.1 Å². The molecule has 2 fully saturated rings. The van der Waals surface area contributed by atoms with E-state index in [-0.39, 0.29) is 17.8 Å². The largest absolute Gasteiger partial charge is 0.507 e. The Hall–Kier alpha value is -2.93. The van der Waals surface area contributed by atoms with Crippen LogP contribution in [-0.4, -0.2) is 58.4 Å². The van der Waals surface area contributed by atoms with E-state index >= 15 is 0 Å². The van der Waals surface area contributed by atoms with Gasteiger partial charge in [0.2, 0.25) is 11.8 Å². The molecule has 0 aliphatic carbocycles. The highest BCUT2D eigenvalue weighted by atomic mass is 16.5. The summed E-state index contributed by atoms with van der Waals surface area (Å²) >= 11 is 0. The summed E-state index contributed by atoms with van der Waals surface area (Å²) in [5.41, 5.74) is 1.89. The fraction of sp³-hybridized carbons (Fsp3) is 0.435. The molecule has 4 rings (SSSR count). The van der Waals surface area contributed by atoms with Crippen LogP contribution in [0.5, 0.6) is 11.6 Å². The SMILES string of the molecule is CN(C)C(=O)/C=C/c1ccc(-c2ccc(OC3C[C@H]4CCC[C@@H](C3)N4)nn2)c(O)c1. The summed E-state index contributed by atoms with van der Waals surface area (Å²) in [6.07, 6.45) is 9.05. The molecule has 30 heavy (non-hydrogen) atoms. The topological polar surface area (TPSA) is 87.6 Å². The van der Waals surface area contributed by atoms with Crippen molar-refractivity contribution in [2.75, 3.05) is 14.1 Å². The zero-order chi connectivity index (χ0) is 21.1. The van der Waals surface area contributed by atoms with Gasteiger partial charge in [-0.3, -0.25) is 4.79 Å². The predicted octanol–water partition coefficient (Wildman–Crippen LogP) is 3.00. The second-order valence-corrected chi connectivity index (χ2v) is 8.30. The fourth-order valence-corrected chi connectivity index (χ4v) is 4.19. The minimum atomic E-state index is -0.114. The van der Waals surface area contributed by atoms with Crippen molar-refractivity contribution >= 4 is 12.0 Å². The van der Waals surface area contributed by atoms with Gasteiger partial charge in [-0.15, -0.1) is 10.2 Å². The van der Waals surface area contributed by atoms with E-state index in [2.05, 4.69) is 15.5 Å². The number of aromatic nitrogens is 2. The maximum absolute atomic E-state index is 11.7. The molecule has 7 heteroatoms. The molecule has 2 aliphatic heterocycles. The third-order valence-corrected chi connectivity index (χ3v) is 5.76. The van der Waals surface area contributed by atoms with Crippen LogP contribution in [0.3, 0.4) is 0 Å². The fourth-order valence-electron chi connectivity index (χ4n) is 4.19. The number of carbonyl (C=O) groups is 1. The molecule has 2 aromatic rings. The molecular formula is C23H28N4O3. The highest BCUT2D eigenvalue weighted by molar-refractivity contribution is 5.91. The first-order chi connectivity index (χ1) is 14.5. The number of aromatic hydroxyl groups is 1. The Morgan fingerprint density at radius 2 is 1.93 bits per heavy atom. The Morgan fingerprint density at radius 1 is 1.17 bits per heavy atom. The lowest BCUT2D eigenvalue weighted by Gasteiger charge is -2.39. The average molecular weight is 409 g/mol. The van der Waals surface area contributed by atoms with Crippen molar-refractivity contribution < 1.29 is 14.6 Å². The Kier molecular flexibility index (Phi) is 5.99. The third kappa shape index (κ3) is 4.79. The van der Waals surface area contributed by atoms with E-state index in [1.54, 1.807) is 32.3 Å². The van der Waals surface area contributed by atoms with Crippen LogP contribution in [0.25, 0.3) is 17.3 Å². The van der Waals surface area contributed by atoms with Gasteiger partial charge in [-0.2, -0.15) is 0 Å². The van der Waals surface area contributed by atoms with Gasteiger partial charge in [-0.05, 0) is 55.5 Å². The quantitative estimate of drug-likeness (QED) is 0.740.